The Morgan fingerprint density at radius 2 is 2.10 bits per heavy atom. The van der Waals surface area contributed by atoms with Crippen molar-refractivity contribution in [3.63, 3.8) is 0 Å². The Kier molecular flexibility index (Phi) is 9.23. The minimum atomic E-state index is -2.98. The molecule has 1 heterocycles. The summed E-state index contributed by atoms with van der Waals surface area (Å²) in [6, 6.07) is 6.21. The minimum absolute atomic E-state index is 0. The summed E-state index contributed by atoms with van der Waals surface area (Å²) >= 11 is 0. The second-order valence-corrected chi connectivity index (χ2v) is 10.6. The van der Waals surface area contributed by atoms with Gasteiger partial charge < -0.3 is 20.1 Å². The van der Waals surface area contributed by atoms with Gasteiger partial charge >= 0.3 is 0 Å². The van der Waals surface area contributed by atoms with E-state index in [1.807, 2.05) is 0 Å². The topological polar surface area (TPSA) is 89.0 Å². The zero-order chi connectivity index (χ0) is 20.9. The molecule has 30 heavy (non-hydrogen) atoms. The molecule has 1 atom stereocenters. The van der Waals surface area contributed by atoms with Crippen molar-refractivity contribution in [2.45, 2.75) is 32.7 Å². The highest BCUT2D eigenvalue weighted by Crippen LogP contribution is 2.46. The number of guanidine groups is 1. The normalized spacial score (nSPS) is 20.4. The summed E-state index contributed by atoms with van der Waals surface area (Å²) in [5.41, 5.74) is 2.08. The van der Waals surface area contributed by atoms with E-state index in [4.69, 9.17) is 9.47 Å². The number of ether oxygens (including phenoxy) is 2. The van der Waals surface area contributed by atoms with Crippen LogP contribution in [0.25, 0.3) is 0 Å². The molecule has 170 valence electrons. The van der Waals surface area contributed by atoms with Crippen molar-refractivity contribution in [2.75, 3.05) is 45.4 Å². The third-order valence-electron chi connectivity index (χ3n) is 5.55. The maximum absolute atomic E-state index is 11.6. The van der Waals surface area contributed by atoms with Crippen LogP contribution in [0.3, 0.4) is 0 Å². The molecule has 1 saturated carbocycles. The lowest BCUT2D eigenvalue weighted by molar-refractivity contribution is 0.166. The van der Waals surface area contributed by atoms with E-state index in [1.54, 1.807) is 7.05 Å². The Morgan fingerprint density at radius 1 is 1.33 bits per heavy atom. The standard InChI is InChI=1S/C21H33N3O4S.HI/c1-16-4-5-18(19(10-16)28-13-17-6-9-27-12-17)11-23-20(22-2)24-14-21(7-8-21)15-29(3,25)26;/h4-5,10,17H,6-9,11-15H2,1-3H3,(H2,22,23,24);1H. The lowest BCUT2D eigenvalue weighted by Crippen LogP contribution is -2.41. The molecule has 3 rings (SSSR count). The maximum Gasteiger partial charge on any atom is 0.191 e. The summed E-state index contributed by atoms with van der Waals surface area (Å²) in [6.07, 6.45) is 4.22. The molecule has 0 amide bonds. The molecule has 0 aromatic heterocycles. The fourth-order valence-corrected chi connectivity index (χ4v) is 5.14. The van der Waals surface area contributed by atoms with Gasteiger partial charge in [0.1, 0.15) is 15.6 Å². The van der Waals surface area contributed by atoms with Gasteiger partial charge in [0.25, 0.3) is 0 Å². The van der Waals surface area contributed by atoms with Crippen LogP contribution in [0.1, 0.15) is 30.4 Å². The SMILES string of the molecule is CN=C(NCc1ccc(C)cc1OCC1CCOC1)NCC1(CS(C)(=O)=O)CC1.I. The summed E-state index contributed by atoms with van der Waals surface area (Å²) in [5, 5.41) is 6.61. The third-order valence-corrected chi connectivity index (χ3v) is 6.68. The van der Waals surface area contributed by atoms with Crippen molar-refractivity contribution in [2.24, 2.45) is 16.3 Å². The molecular formula is C21H34IN3O4S. The fraction of sp³-hybridized carbons (Fsp3) is 0.667. The number of benzene rings is 1. The van der Waals surface area contributed by atoms with Crippen molar-refractivity contribution in [3.8, 4) is 5.75 Å². The van der Waals surface area contributed by atoms with E-state index in [0.717, 1.165) is 49.4 Å². The Hall–Kier alpha value is -1.07. The molecule has 1 aliphatic carbocycles. The molecule has 0 spiro atoms. The highest BCUT2D eigenvalue weighted by atomic mass is 127. The van der Waals surface area contributed by atoms with Crippen LogP contribution in [-0.4, -0.2) is 59.8 Å². The molecule has 9 heteroatoms. The van der Waals surface area contributed by atoms with Crippen LogP contribution in [-0.2, 0) is 21.1 Å². The molecule has 0 radical (unpaired) electrons. The van der Waals surface area contributed by atoms with Gasteiger partial charge in [0.2, 0.25) is 0 Å². The first-order valence-corrected chi connectivity index (χ1v) is 12.3. The Balaban J connectivity index is 0.00000320. The number of sulfone groups is 1. The second kappa shape index (κ2) is 11.0. The summed E-state index contributed by atoms with van der Waals surface area (Å²) in [4.78, 5) is 4.27. The van der Waals surface area contributed by atoms with Gasteiger partial charge in [-0.15, -0.1) is 24.0 Å². The molecule has 1 saturated heterocycles. The number of aryl methyl sites for hydroxylation is 1. The smallest absolute Gasteiger partial charge is 0.191 e. The van der Waals surface area contributed by atoms with Gasteiger partial charge in [-0.1, -0.05) is 12.1 Å². The highest BCUT2D eigenvalue weighted by molar-refractivity contribution is 14.0. The molecule has 0 bridgehead atoms. The fourth-order valence-electron chi connectivity index (χ4n) is 3.64. The number of halogens is 1. The van der Waals surface area contributed by atoms with Crippen LogP contribution in [0.5, 0.6) is 5.75 Å². The van der Waals surface area contributed by atoms with Crippen LogP contribution in [0.4, 0.5) is 0 Å². The molecular weight excluding hydrogens is 517 g/mol. The minimum Gasteiger partial charge on any atom is -0.493 e. The van der Waals surface area contributed by atoms with Gasteiger partial charge in [0, 0.05) is 49.9 Å². The number of nitrogens with one attached hydrogen (secondary N) is 2. The highest BCUT2D eigenvalue weighted by Gasteiger charge is 2.45. The van der Waals surface area contributed by atoms with Crippen molar-refractivity contribution in [1.82, 2.24) is 10.6 Å². The molecule has 2 fully saturated rings. The zero-order valence-corrected chi connectivity index (χ0v) is 21.2. The van der Waals surface area contributed by atoms with Crippen LogP contribution in [0.2, 0.25) is 0 Å². The Labute approximate surface area is 197 Å². The maximum atomic E-state index is 11.6. The molecule has 1 unspecified atom stereocenters. The molecule has 1 aliphatic heterocycles. The van der Waals surface area contributed by atoms with Gasteiger partial charge in [-0.2, -0.15) is 0 Å². The number of aliphatic imine (C=N–C) groups is 1. The summed E-state index contributed by atoms with van der Waals surface area (Å²) < 4.78 is 34.8. The third kappa shape index (κ3) is 7.88. The van der Waals surface area contributed by atoms with E-state index in [1.165, 1.54) is 6.26 Å². The van der Waals surface area contributed by atoms with Gasteiger partial charge in [-0.25, -0.2) is 8.42 Å². The Morgan fingerprint density at radius 3 is 2.70 bits per heavy atom. The van der Waals surface area contributed by atoms with Gasteiger partial charge in [0.15, 0.2) is 5.96 Å². The first-order valence-electron chi connectivity index (χ1n) is 10.2. The van der Waals surface area contributed by atoms with E-state index in [9.17, 15) is 8.42 Å². The lowest BCUT2D eigenvalue weighted by atomic mass is 10.1. The van der Waals surface area contributed by atoms with Crippen molar-refractivity contribution in [1.29, 1.82) is 0 Å². The first-order chi connectivity index (χ1) is 13.8. The van der Waals surface area contributed by atoms with Gasteiger partial charge in [-0.3, -0.25) is 4.99 Å². The largest absolute Gasteiger partial charge is 0.493 e. The van der Waals surface area contributed by atoms with E-state index in [-0.39, 0.29) is 35.1 Å². The summed E-state index contributed by atoms with van der Waals surface area (Å²) in [7, 11) is -1.26. The van der Waals surface area contributed by atoms with Crippen LogP contribution in [0.15, 0.2) is 23.2 Å². The summed E-state index contributed by atoms with van der Waals surface area (Å²) in [5.74, 6) is 2.23. The van der Waals surface area contributed by atoms with E-state index in [2.05, 4.69) is 40.7 Å². The van der Waals surface area contributed by atoms with E-state index >= 15 is 0 Å². The quantitative estimate of drug-likeness (QED) is 0.279. The van der Waals surface area contributed by atoms with Gasteiger partial charge in [0.05, 0.1) is 19.0 Å². The number of hydrogen-bond acceptors (Lipinski definition) is 5. The number of hydrogen-bond donors (Lipinski definition) is 2. The predicted octanol–water partition coefficient (Wildman–Crippen LogP) is 2.52. The van der Waals surface area contributed by atoms with E-state index in [0.29, 0.717) is 31.6 Å². The zero-order valence-electron chi connectivity index (χ0n) is 18.1. The molecule has 1 aromatic rings. The van der Waals surface area contributed by atoms with Crippen molar-refractivity contribution in [3.05, 3.63) is 29.3 Å². The molecule has 2 N–H and O–H groups in total. The first kappa shape index (κ1) is 25.2. The average molecular weight is 551 g/mol. The molecule has 1 aromatic carbocycles. The molecule has 7 nitrogen and oxygen atoms in total. The number of rotatable bonds is 9. The average Bonchev–Trinajstić information content (AvgIpc) is 3.20. The lowest BCUT2D eigenvalue weighted by Gasteiger charge is -2.19. The van der Waals surface area contributed by atoms with Crippen molar-refractivity contribution >= 4 is 39.8 Å². The van der Waals surface area contributed by atoms with Gasteiger partial charge in [-0.05, 0) is 37.8 Å². The second-order valence-electron chi connectivity index (χ2n) is 8.50. The van der Waals surface area contributed by atoms with Crippen LogP contribution < -0.4 is 15.4 Å². The number of nitrogens with zero attached hydrogens (tertiary/aromatic N) is 1. The molecule has 2 aliphatic rings. The van der Waals surface area contributed by atoms with Crippen molar-refractivity contribution < 1.29 is 17.9 Å². The summed E-state index contributed by atoms with van der Waals surface area (Å²) in [6.45, 7) is 5.50. The van der Waals surface area contributed by atoms with E-state index < -0.39 is 9.84 Å². The van der Waals surface area contributed by atoms with Crippen LogP contribution in [0, 0.1) is 18.3 Å². The monoisotopic (exact) mass is 551 g/mol. The Bertz CT molecular complexity index is 835. The predicted molar refractivity (Wildman–Crippen MR) is 131 cm³/mol. The van der Waals surface area contributed by atoms with Crippen LogP contribution >= 0.6 is 24.0 Å².